The van der Waals surface area contributed by atoms with E-state index >= 15 is 0 Å². The quantitative estimate of drug-likeness (QED) is 0.0109. The predicted molar refractivity (Wildman–Crippen MR) is 258 cm³/mol. The highest BCUT2D eigenvalue weighted by atomic mass is 127. The van der Waals surface area contributed by atoms with Gasteiger partial charge in [0.05, 0.1) is 19.8 Å². The van der Waals surface area contributed by atoms with Gasteiger partial charge in [0.15, 0.2) is 12.6 Å². The normalized spacial score (nSPS) is 13.1. The second kappa shape index (κ2) is 59.8. The third-order valence-electron chi connectivity index (χ3n) is 8.61. The van der Waals surface area contributed by atoms with Crippen LogP contribution in [0.1, 0.15) is 103 Å². The number of allylic oxidation sites excluding steroid dienone is 6. The van der Waals surface area contributed by atoms with Crippen molar-refractivity contribution in [2.45, 2.75) is 115 Å². The lowest BCUT2D eigenvalue weighted by Crippen LogP contribution is -2.38. The second-order valence-corrected chi connectivity index (χ2v) is 14.0. The first kappa shape index (κ1) is 65.4. The molecule has 0 aromatic rings. The van der Waals surface area contributed by atoms with Gasteiger partial charge in [-0.05, 0) is 128 Å². The van der Waals surface area contributed by atoms with Crippen molar-refractivity contribution < 1.29 is 54.2 Å². The van der Waals surface area contributed by atoms with E-state index in [1.165, 1.54) is 12.4 Å². The highest BCUT2D eigenvalue weighted by Gasteiger charge is 2.11. The minimum absolute atomic E-state index is 0.0198. The maximum Gasteiger partial charge on any atom is 0.480 e. The molecule has 1 aliphatic heterocycles. The van der Waals surface area contributed by atoms with Crippen LogP contribution >= 0.6 is 30.6 Å². The van der Waals surface area contributed by atoms with E-state index in [4.69, 9.17) is 54.2 Å². The Kier molecular flexibility index (Phi) is 66.3. The van der Waals surface area contributed by atoms with Gasteiger partial charge in [-0.3, -0.25) is 4.90 Å². The molecule has 0 amide bonds. The molecule has 0 radical (unpaired) electrons. The lowest BCUT2D eigenvalue weighted by molar-refractivity contribution is -0.107. The zero-order valence-corrected chi connectivity index (χ0v) is 41.0. The van der Waals surface area contributed by atoms with Crippen LogP contribution in [0.15, 0.2) is 46.5 Å². The molecule has 0 atom stereocenters. The summed E-state index contributed by atoms with van der Waals surface area (Å²) in [4.78, 5) is 4.64. The topological polar surface area (TPSA) is 174 Å². The van der Waals surface area contributed by atoms with E-state index in [-0.39, 0.29) is 32.4 Å². The Morgan fingerprint density at radius 2 is 1.07 bits per heavy atom. The van der Waals surface area contributed by atoms with E-state index in [0.29, 0.717) is 13.2 Å². The van der Waals surface area contributed by atoms with Crippen LogP contribution in [-0.2, 0) is 35.5 Å². The summed E-state index contributed by atoms with van der Waals surface area (Å²) in [5.74, 6) is 1.32. The fourth-order valence-electron chi connectivity index (χ4n) is 5.30. The molecule has 1 aliphatic rings. The Bertz CT molecular complexity index is 892. The molecule has 0 unspecified atom stereocenters. The number of aliphatic hydroxyl groups excluding tert-OH is 4. The van der Waals surface area contributed by atoms with Crippen molar-refractivity contribution in [2.24, 2.45) is 0 Å². The molecule has 1 saturated heterocycles. The zero-order valence-electron chi connectivity index (χ0n) is 37.1. The summed E-state index contributed by atoms with van der Waals surface area (Å²) in [5, 5.41) is 51.4. The maximum absolute atomic E-state index is 8.95. The average Bonchev–Trinajstić information content (AvgIpc) is 3.26. The number of morpholine rings is 1. The van der Waals surface area contributed by atoms with Crippen molar-refractivity contribution in [3.05, 3.63) is 46.5 Å². The number of hydrogen-bond acceptors (Lipinski definition) is 14. The average molecular weight is 995 g/mol. The first-order valence-corrected chi connectivity index (χ1v) is 24.1. The number of methoxy groups -OCH3 is 4. The standard InChI is InChI=1S/C15H28O3.C12H26N2O3.C9H17IO2.C6H13BO3.HPS/c1-17-15(18-2)13-11-9-7-5-3-4-6-8-10-12-14-16;15-9-2-5-13(6-10-16)3-1-4-14-7-11-17-12-8-14;1-11-9(12-2)7-5-3-4-6-8-10;8-6-4-2-1-3-5-7(9)10;1-2/h3-6,15-16H,7-14H2,1-2H3;15-16H,1-12H2;6,8-9H,3-5,7H2,1-2H3;3,5,8-10H,1-2,4,6H2;1H/b5-3+,6-4+;;8-6+;5-3+;. The lowest BCUT2D eigenvalue weighted by Gasteiger charge is -2.28. The number of halogens is 1. The van der Waals surface area contributed by atoms with E-state index in [9.17, 15) is 0 Å². The van der Waals surface area contributed by atoms with E-state index < -0.39 is 7.12 Å². The van der Waals surface area contributed by atoms with Crippen LogP contribution in [0.5, 0.6) is 0 Å². The van der Waals surface area contributed by atoms with Gasteiger partial charge in [0.1, 0.15) is 0 Å². The summed E-state index contributed by atoms with van der Waals surface area (Å²) < 4.78 is 27.7. The van der Waals surface area contributed by atoms with E-state index in [1.807, 2.05) is 0 Å². The third kappa shape index (κ3) is 57.8. The zero-order chi connectivity index (χ0) is 44.9. The summed E-state index contributed by atoms with van der Waals surface area (Å²) >= 11 is 6.13. The summed E-state index contributed by atoms with van der Waals surface area (Å²) in [7, 11) is 7.93. The number of unbranched alkanes of at least 4 members (excludes halogenated alkanes) is 8. The van der Waals surface area contributed by atoms with Crippen LogP contribution < -0.4 is 0 Å². The summed E-state index contributed by atoms with van der Waals surface area (Å²) in [6.07, 6.45) is 28.5. The van der Waals surface area contributed by atoms with E-state index in [2.05, 4.69) is 86.7 Å². The van der Waals surface area contributed by atoms with Gasteiger partial charge >= 0.3 is 7.12 Å². The number of nitrogens with zero attached hydrogens (tertiary/aromatic N) is 2. The number of hydrogen-bond donors (Lipinski definition) is 6. The molecule has 0 saturated carbocycles. The first-order valence-electron chi connectivity index (χ1n) is 21.2. The fraction of sp³-hybridized carbons (Fsp3) is 0.810. The Morgan fingerprint density at radius 1 is 0.627 bits per heavy atom. The Labute approximate surface area is 380 Å². The van der Waals surface area contributed by atoms with Crippen LogP contribution in [0.4, 0.5) is 0 Å². The lowest BCUT2D eigenvalue weighted by atomic mass is 9.91. The van der Waals surface area contributed by atoms with Gasteiger partial charge < -0.3 is 59.1 Å². The predicted octanol–water partition coefficient (Wildman–Crippen LogP) is 6.25. The molecular formula is C42H85BIN2O11PS. The number of ether oxygens (including phenoxy) is 5. The van der Waals surface area contributed by atoms with Crippen molar-refractivity contribution in [1.82, 2.24) is 9.80 Å². The van der Waals surface area contributed by atoms with Crippen molar-refractivity contribution in [2.75, 3.05) is 107 Å². The highest BCUT2D eigenvalue weighted by molar-refractivity contribution is 14.1. The Hall–Kier alpha value is -0.245. The summed E-state index contributed by atoms with van der Waals surface area (Å²) in [6, 6.07) is 0. The largest absolute Gasteiger partial charge is 0.480 e. The van der Waals surface area contributed by atoms with Crippen molar-refractivity contribution in [3.63, 3.8) is 0 Å². The van der Waals surface area contributed by atoms with Gasteiger partial charge in [0, 0.05) is 74.4 Å². The van der Waals surface area contributed by atoms with Gasteiger partial charge in [-0.1, -0.05) is 76.8 Å². The molecule has 6 N–H and O–H groups in total. The molecule has 0 aromatic carbocycles. The van der Waals surface area contributed by atoms with Gasteiger partial charge in [-0.15, -0.1) is 0 Å². The smallest absolute Gasteiger partial charge is 0.424 e. The molecule has 0 aliphatic carbocycles. The van der Waals surface area contributed by atoms with Gasteiger partial charge in [-0.25, -0.2) is 0 Å². The highest BCUT2D eigenvalue weighted by Crippen LogP contribution is 2.08. The molecular weight excluding hydrogens is 909 g/mol. The van der Waals surface area contributed by atoms with Crippen LogP contribution in [-0.4, -0.2) is 167 Å². The maximum atomic E-state index is 8.95. The summed E-state index contributed by atoms with van der Waals surface area (Å²) in [6.45, 7) is 8.39. The molecule has 1 heterocycles. The third-order valence-corrected chi connectivity index (χ3v) is 9.12. The molecule has 0 aromatic heterocycles. The minimum atomic E-state index is -1.34. The Morgan fingerprint density at radius 3 is 1.49 bits per heavy atom. The van der Waals surface area contributed by atoms with E-state index in [1.54, 1.807) is 34.5 Å². The number of aliphatic hydroxyl groups is 4. The monoisotopic (exact) mass is 994 g/mol. The van der Waals surface area contributed by atoms with Crippen LogP contribution in [0, 0.1) is 0 Å². The molecule has 59 heavy (non-hydrogen) atoms. The van der Waals surface area contributed by atoms with Crippen molar-refractivity contribution in [1.29, 1.82) is 0 Å². The minimum Gasteiger partial charge on any atom is -0.424 e. The molecule has 1 rings (SSSR count). The number of rotatable bonds is 33. The SMILES string of the molecule is COC(CCCC/C=C/C=C/CCCCO)OC.COC(CCCC/C=C/I)OC.OCCCC/C=C/B(O)O.OCCCN(CCO)CCCN1CCOCC1.P=S. The van der Waals surface area contributed by atoms with Gasteiger partial charge in [-0.2, -0.15) is 0 Å². The van der Waals surface area contributed by atoms with E-state index in [0.717, 1.165) is 142 Å². The van der Waals surface area contributed by atoms with Gasteiger partial charge in [0.2, 0.25) is 0 Å². The van der Waals surface area contributed by atoms with Crippen LogP contribution in [0.3, 0.4) is 0 Å². The summed E-state index contributed by atoms with van der Waals surface area (Å²) in [5.41, 5.74) is 0. The van der Waals surface area contributed by atoms with Gasteiger partial charge in [0.25, 0.3) is 0 Å². The molecule has 350 valence electrons. The van der Waals surface area contributed by atoms with Crippen molar-refractivity contribution >= 4 is 49.5 Å². The first-order chi connectivity index (χ1) is 28.8. The molecule has 1 fully saturated rings. The molecule has 17 heteroatoms. The molecule has 13 nitrogen and oxygen atoms in total. The van der Waals surface area contributed by atoms with Crippen molar-refractivity contribution in [3.8, 4) is 0 Å². The van der Waals surface area contributed by atoms with Crippen LogP contribution in [0.2, 0.25) is 0 Å². The molecule has 0 spiro atoms. The van der Waals surface area contributed by atoms with Crippen LogP contribution in [0.25, 0.3) is 0 Å². The molecule has 0 bridgehead atoms. The second-order valence-electron chi connectivity index (χ2n) is 13.3. The Balaban J connectivity index is -0.000000345. The fourth-order valence-corrected chi connectivity index (χ4v) is 5.66.